The normalized spacial score (nSPS) is 34.4. The highest BCUT2D eigenvalue weighted by Crippen LogP contribution is 2.31. The highest BCUT2D eigenvalue weighted by molar-refractivity contribution is 5.74. The molecule has 0 aliphatic carbocycles. The van der Waals surface area contributed by atoms with Crippen molar-refractivity contribution in [2.45, 2.75) is 45.0 Å². The van der Waals surface area contributed by atoms with E-state index in [1.54, 1.807) is 0 Å². The third-order valence-corrected chi connectivity index (χ3v) is 3.11. The Hall–Kier alpha value is -0.610. The number of rotatable bonds is 3. The van der Waals surface area contributed by atoms with Crippen molar-refractivity contribution in [2.75, 3.05) is 13.2 Å². The van der Waals surface area contributed by atoms with Gasteiger partial charge in [0.05, 0.1) is 25.2 Å². The molecule has 0 aromatic rings. The number of hydrogen-bond donors (Lipinski definition) is 0. The number of hydrogen-bond acceptors (Lipinski definition) is 4. The van der Waals surface area contributed by atoms with Gasteiger partial charge in [0, 0.05) is 6.42 Å². The molecule has 2 atom stereocenters. The Morgan fingerprint density at radius 3 is 2.60 bits per heavy atom. The van der Waals surface area contributed by atoms with Crippen molar-refractivity contribution in [1.82, 2.24) is 0 Å². The van der Waals surface area contributed by atoms with Crippen LogP contribution in [-0.2, 0) is 19.0 Å². The molecule has 0 amide bonds. The van der Waals surface area contributed by atoms with Crippen molar-refractivity contribution in [3.8, 4) is 0 Å². The van der Waals surface area contributed by atoms with Crippen LogP contribution in [0.15, 0.2) is 0 Å². The van der Waals surface area contributed by atoms with Crippen LogP contribution in [-0.4, -0.2) is 31.1 Å². The Morgan fingerprint density at radius 2 is 2.07 bits per heavy atom. The summed E-state index contributed by atoms with van der Waals surface area (Å²) < 4.78 is 16.1. The first-order valence-corrected chi connectivity index (χ1v) is 5.57. The maximum absolute atomic E-state index is 11.4. The molecule has 2 saturated heterocycles. The van der Waals surface area contributed by atoms with Crippen LogP contribution < -0.4 is 0 Å². The molecule has 0 radical (unpaired) electrons. The van der Waals surface area contributed by atoms with Crippen LogP contribution in [0.25, 0.3) is 0 Å². The molecule has 4 heteroatoms. The summed E-state index contributed by atoms with van der Waals surface area (Å²) in [5.74, 6) is -0.514. The molecule has 0 bridgehead atoms. The molecule has 2 aliphatic heterocycles. The first kappa shape index (κ1) is 10.9. The summed E-state index contributed by atoms with van der Waals surface area (Å²) >= 11 is 0. The summed E-state index contributed by atoms with van der Waals surface area (Å²) in [5.41, 5.74) is 0. The predicted octanol–water partition coefficient (Wildman–Crippen LogP) is 1.48. The van der Waals surface area contributed by atoms with Gasteiger partial charge >= 0.3 is 5.97 Å². The van der Waals surface area contributed by atoms with E-state index in [1.807, 2.05) is 13.8 Å². The standard InChI is InChI=1S/C11H18O4/c1-8-7-9(10(12)15-8)3-4-11(2)13-5-6-14-11/h8-9H,3-7H2,1-2H3/t8-,9-/m1/s1. The van der Waals surface area contributed by atoms with Crippen molar-refractivity contribution in [1.29, 1.82) is 0 Å². The Kier molecular flexibility index (Phi) is 2.98. The smallest absolute Gasteiger partial charge is 0.309 e. The monoisotopic (exact) mass is 214 g/mol. The van der Waals surface area contributed by atoms with E-state index >= 15 is 0 Å². The average molecular weight is 214 g/mol. The van der Waals surface area contributed by atoms with Crippen LogP contribution in [0.5, 0.6) is 0 Å². The van der Waals surface area contributed by atoms with Gasteiger partial charge in [0.2, 0.25) is 0 Å². The molecule has 0 spiro atoms. The van der Waals surface area contributed by atoms with E-state index < -0.39 is 5.79 Å². The summed E-state index contributed by atoms with van der Waals surface area (Å²) in [4.78, 5) is 11.4. The van der Waals surface area contributed by atoms with Gasteiger partial charge in [-0.1, -0.05) is 0 Å². The molecule has 15 heavy (non-hydrogen) atoms. The van der Waals surface area contributed by atoms with Crippen LogP contribution in [0, 0.1) is 5.92 Å². The lowest BCUT2D eigenvalue weighted by Gasteiger charge is -2.22. The van der Waals surface area contributed by atoms with Gasteiger partial charge in [-0.25, -0.2) is 0 Å². The minimum atomic E-state index is -0.480. The van der Waals surface area contributed by atoms with Gasteiger partial charge in [0.1, 0.15) is 0 Å². The number of carbonyl (C=O) groups is 1. The maximum Gasteiger partial charge on any atom is 0.309 e. The van der Waals surface area contributed by atoms with Gasteiger partial charge in [0.15, 0.2) is 5.79 Å². The van der Waals surface area contributed by atoms with Gasteiger partial charge in [0.25, 0.3) is 0 Å². The Bertz CT molecular complexity index is 245. The number of cyclic esters (lactones) is 1. The van der Waals surface area contributed by atoms with E-state index in [4.69, 9.17) is 14.2 Å². The van der Waals surface area contributed by atoms with Gasteiger partial charge < -0.3 is 14.2 Å². The van der Waals surface area contributed by atoms with Gasteiger partial charge in [-0.05, 0) is 26.7 Å². The lowest BCUT2D eigenvalue weighted by Crippen LogP contribution is -2.26. The molecule has 0 saturated carbocycles. The van der Waals surface area contributed by atoms with E-state index in [9.17, 15) is 4.79 Å². The average Bonchev–Trinajstić information content (AvgIpc) is 2.71. The highest BCUT2D eigenvalue weighted by Gasteiger charge is 2.36. The van der Waals surface area contributed by atoms with Crippen molar-refractivity contribution < 1.29 is 19.0 Å². The predicted molar refractivity (Wildman–Crippen MR) is 53.2 cm³/mol. The molecular weight excluding hydrogens is 196 g/mol. The lowest BCUT2D eigenvalue weighted by molar-refractivity contribution is -0.153. The lowest BCUT2D eigenvalue weighted by atomic mass is 9.97. The Morgan fingerprint density at radius 1 is 1.40 bits per heavy atom. The molecule has 0 aromatic heterocycles. The van der Waals surface area contributed by atoms with Gasteiger partial charge in [-0.2, -0.15) is 0 Å². The second kappa shape index (κ2) is 4.10. The second-order valence-corrected chi connectivity index (χ2v) is 4.55. The molecule has 0 N–H and O–H groups in total. The topological polar surface area (TPSA) is 44.8 Å². The molecule has 4 nitrogen and oxygen atoms in total. The van der Waals surface area contributed by atoms with Crippen LogP contribution in [0.3, 0.4) is 0 Å². The molecule has 86 valence electrons. The summed E-state index contributed by atoms with van der Waals surface area (Å²) in [6.07, 6.45) is 2.45. The van der Waals surface area contributed by atoms with E-state index in [0.29, 0.717) is 13.2 Å². The summed E-state index contributed by atoms with van der Waals surface area (Å²) in [5, 5.41) is 0. The Balaban J connectivity index is 1.80. The van der Waals surface area contributed by atoms with Gasteiger partial charge in [-0.15, -0.1) is 0 Å². The minimum Gasteiger partial charge on any atom is -0.462 e. The summed E-state index contributed by atoms with van der Waals surface area (Å²) in [7, 11) is 0. The third kappa shape index (κ3) is 2.49. The number of esters is 1. The van der Waals surface area contributed by atoms with E-state index in [1.165, 1.54) is 0 Å². The second-order valence-electron chi connectivity index (χ2n) is 4.55. The zero-order valence-corrected chi connectivity index (χ0v) is 9.32. The molecule has 2 fully saturated rings. The zero-order chi connectivity index (χ0) is 10.9. The van der Waals surface area contributed by atoms with Crippen LogP contribution in [0.4, 0.5) is 0 Å². The third-order valence-electron chi connectivity index (χ3n) is 3.11. The highest BCUT2D eigenvalue weighted by atomic mass is 16.7. The first-order valence-electron chi connectivity index (χ1n) is 5.57. The summed E-state index contributed by atoms with van der Waals surface area (Å²) in [6.45, 7) is 5.18. The first-order chi connectivity index (χ1) is 7.09. The number of ether oxygens (including phenoxy) is 3. The van der Waals surface area contributed by atoms with E-state index in [2.05, 4.69) is 0 Å². The van der Waals surface area contributed by atoms with Crippen LogP contribution in [0.1, 0.15) is 33.1 Å². The number of carbonyl (C=O) groups excluding carboxylic acids is 1. The van der Waals surface area contributed by atoms with E-state index in [0.717, 1.165) is 19.3 Å². The van der Waals surface area contributed by atoms with Crippen molar-refractivity contribution in [3.05, 3.63) is 0 Å². The largest absolute Gasteiger partial charge is 0.462 e. The SMILES string of the molecule is C[C@@H]1C[C@@H](CCC2(C)OCCO2)C(=O)O1. The van der Waals surface area contributed by atoms with E-state index in [-0.39, 0.29) is 18.0 Å². The van der Waals surface area contributed by atoms with Crippen molar-refractivity contribution in [3.63, 3.8) is 0 Å². The fourth-order valence-electron chi connectivity index (χ4n) is 2.21. The van der Waals surface area contributed by atoms with Crippen molar-refractivity contribution >= 4 is 5.97 Å². The Labute approximate surface area is 89.9 Å². The zero-order valence-electron chi connectivity index (χ0n) is 9.32. The fourth-order valence-corrected chi connectivity index (χ4v) is 2.21. The maximum atomic E-state index is 11.4. The fraction of sp³-hybridized carbons (Fsp3) is 0.909. The van der Waals surface area contributed by atoms with Gasteiger partial charge in [-0.3, -0.25) is 4.79 Å². The molecule has 0 unspecified atom stereocenters. The molecule has 2 aliphatic rings. The van der Waals surface area contributed by atoms with Crippen LogP contribution >= 0.6 is 0 Å². The molecular formula is C11H18O4. The molecule has 2 heterocycles. The minimum absolute atomic E-state index is 0.0321. The van der Waals surface area contributed by atoms with Crippen molar-refractivity contribution in [2.24, 2.45) is 5.92 Å². The van der Waals surface area contributed by atoms with Crippen LogP contribution in [0.2, 0.25) is 0 Å². The quantitative estimate of drug-likeness (QED) is 0.667. The molecule has 0 aromatic carbocycles. The summed E-state index contributed by atoms with van der Waals surface area (Å²) in [6, 6.07) is 0. The molecule has 2 rings (SSSR count).